The van der Waals surface area contributed by atoms with Crippen LogP contribution in [0.25, 0.3) is 5.57 Å². The van der Waals surface area contributed by atoms with Crippen LogP contribution in [0.1, 0.15) is 36.1 Å². The van der Waals surface area contributed by atoms with Gasteiger partial charge in [-0.05, 0) is 66.5 Å². The molecule has 0 heterocycles. The van der Waals surface area contributed by atoms with E-state index in [2.05, 4.69) is 71.9 Å². The summed E-state index contributed by atoms with van der Waals surface area (Å²) in [6.07, 6.45) is 8.21. The lowest BCUT2D eigenvalue weighted by Gasteiger charge is -2.24. The summed E-state index contributed by atoms with van der Waals surface area (Å²) in [6, 6.07) is 35.6. The van der Waals surface area contributed by atoms with E-state index < -0.39 is 10.1 Å². The lowest BCUT2D eigenvalue weighted by molar-refractivity contribution is -0.539. The van der Waals surface area contributed by atoms with E-state index >= 15 is 0 Å². The lowest BCUT2D eigenvalue weighted by atomic mass is 9.90. The summed E-state index contributed by atoms with van der Waals surface area (Å²) in [5, 5.41) is 0. The Morgan fingerprint density at radius 2 is 1.30 bits per heavy atom. The molecule has 0 aromatic heterocycles. The van der Waals surface area contributed by atoms with Crippen molar-refractivity contribution in [3.05, 3.63) is 161 Å². The van der Waals surface area contributed by atoms with E-state index in [1.165, 1.54) is 17.2 Å². The first kappa shape index (κ1) is 30.0. The van der Waals surface area contributed by atoms with Gasteiger partial charge in [0.25, 0.3) is 10.1 Å². The molecule has 4 aromatic rings. The van der Waals surface area contributed by atoms with Gasteiger partial charge in [-0.1, -0.05) is 91.0 Å². The zero-order chi connectivity index (χ0) is 30.2. The maximum absolute atomic E-state index is 12.5. The lowest BCUT2D eigenvalue weighted by Crippen LogP contribution is -2.21. The second-order valence-electron chi connectivity index (χ2n) is 10.4. The molecule has 1 N–H and O–H groups in total. The van der Waals surface area contributed by atoms with Gasteiger partial charge in [-0.25, -0.2) is 4.58 Å². The van der Waals surface area contributed by atoms with Gasteiger partial charge in [0.05, 0.1) is 0 Å². The van der Waals surface area contributed by atoms with Gasteiger partial charge in [0.2, 0.25) is 0 Å². The molecular weight excluding hydrogens is 552 g/mol. The Morgan fingerprint density at radius 3 is 1.88 bits per heavy atom. The minimum absolute atomic E-state index is 0.114. The van der Waals surface area contributed by atoms with Crippen LogP contribution in [0, 0.1) is 0 Å². The molecule has 0 atom stereocenters. The SMILES string of the molecule is CCN(Cc1ccccc1)c1ccc(C(=C2C=CC(=[N+](CC)Cc3ccccc3)C=C2)c2ccccc2S(=O)(=O)O)cc1. The Hall–Kier alpha value is -4.52. The highest BCUT2D eigenvalue weighted by Crippen LogP contribution is 2.34. The van der Waals surface area contributed by atoms with E-state index in [4.69, 9.17) is 0 Å². The second-order valence-corrected chi connectivity index (χ2v) is 11.8. The molecule has 0 aliphatic heterocycles. The van der Waals surface area contributed by atoms with Crippen molar-refractivity contribution in [2.75, 3.05) is 18.0 Å². The average molecular weight is 590 g/mol. The van der Waals surface area contributed by atoms with Gasteiger partial charge < -0.3 is 4.90 Å². The van der Waals surface area contributed by atoms with E-state index in [1.807, 2.05) is 60.7 Å². The molecule has 0 radical (unpaired) electrons. The first-order chi connectivity index (χ1) is 20.9. The Kier molecular flexibility index (Phi) is 9.50. The van der Waals surface area contributed by atoms with Gasteiger partial charge in [0, 0.05) is 42.1 Å². The summed E-state index contributed by atoms with van der Waals surface area (Å²) in [5.74, 6) is 0. The fourth-order valence-electron chi connectivity index (χ4n) is 5.43. The zero-order valence-corrected chi connectivity index (χ0v) is 25.4. The molecule has 218 valence electrons. The van der Waals surface area contributed by atoms with E-state index in [0.29, 0.717) is 5.56 Å². The maximum atomic E-state index is 12.5. The first-order valence-electron chi connectivity index (χ1n) is 14.6. The van der Waals surface area contributed by atoms with E-state index in [1.54, 1.807) is 18.2 Å². The molecular formula is C37H37N2O3S+. The van der Waals surface area contributed by atoms with Crippen LogP contribution in [0.2, 0.25) is 0 Å². The van der Waals surface area contributed by atoms with Crippen molar-refractivity contribution in [2.45, 2.75) is 31.8 Å². The molecule has 0 saturated heterocycles. The van der Waals surface area contributed by atoms with Crippen LogP contribution in [0.15, 0.2) is 144 Å². The van der Waals surface area contributed by atoms with Crippen molar-refractivity contribution < 1.29 is 17.5 Å². The van der Waals surface area contributed by atoms with Crippen LogP contribution in [-0.4, -0.2) is 36.3 Å². The molecule has 4 aromatic carbocycles. The average Bonchev–Trinajstić information content (AvgIpc) is 3.04. The van der Waals surface area contributed by atoms with Gasteiger partial charge in [-0.3, -0.25) is 4.55 Å². The van der Waals surface area contributed by atoms with Gasteiger partial charge >= 0.3 is 0 Å². The third-order valence-corrected chi connectivity index (χ3v) is 8.58. The van der Waals surface area contributed by atoms with Crippen LogP contribution < -0.4 is 4.90 Å². The number of hydrogen-bond donors (Lipinski definition) is 1. The van der Waals surface area contributed by atoms with Crippen molar-refractivity contribution in [3.8, 4) is 0 Å². The van der Waals surface area contributed by atoms with Gasteiger partial charge in [0.1, 0.15) is 11.4 Å². The normalized spacial score (nSPS) is 12.8. The first-order valence-corrected chi connectivity index (χ1v) is 16.0. The summed E-state index contributed by atoms with van der Waals surface area (Å²) in [6.45, 7) is 7.53. The summed E-state index contributed by atoms with van der Waals surface area (Å²) in [5.41, 5.74) is 7.54. The minimum Gasteiger partial charge on any atom is -0.367 e. The number of rotatable bonds is 10. The van der Waals surface area contributed by atoms with Gasteiger partial charge in [0.15, 0.2) is 12.3 Å². The van der Waals surface area contributed by atoms with Crippen molar-refractivity contribution in [2.24, 2.45) is 0 Å². The molecule has 6 heteroatoms. The van der Waals surface area contributed by atoms with Crippen LogP contribution in [0.4, 0.5) is 5.69 Å². The Labute approximate surface area is 255 Å². The predicted octanol–water partition coefficient (Wildman–Crippen LogP) is 7.56. The Morgan fingerprint density at radius 1 is 0.721 bits per heavy atom. The molecule has 0 amide bonds. The molecule has 0 unspecified atom stereocenters. The van der Waals surface area contributed by atoms with Crippen molar-refractivity contribution in [3.63, 3.8) is 0 Å². The molecule has 1 aliphatic carbocycles. The highest BCUT2D eigenvalue weighted by atomic mass is 32.2. The van der Waals surface area contributed by atoms with Crippen LogP contribution in [0.3, 0.4) is 0 Å². The number of benzene rings is 4. The summed E-state index contributed by atoms with van der Waals surface area (Å²) >= 11 is 0. The fraction of sp³-hybridized carbons (Fsp3) is 0.162. The number of hydrogen-bond acceptors (Lipinski definition) is 3. The quantitative estimate of drug-likeness (QED) is 0.153. The molecule has 0 saturated carbocycles. The highest BCUT2D eigenvalue weighted by Gasteiger charge is 2.22. The van der Waals surface area contributed by atoms with Crippen LogP contribution in [0.5, 0.6) is 0 Å². The van der Waals surface area contributed by atoms with E-state index in [-0.39, 0.29) is 4.90 Å². The third-order valence-electron chi connectivity index (χ3n) is 7.67. The molecule has 1 aliphatic rings. The summed E-state index contributed by atoms with van der Waals surface area (Å²) < 4.78 is 37.4. The van der Waals surface area contributed by atoms with Gasteiger partial charge in [-0.2, -0.15) is 8.42 Å². The molecule has 43 heavy (non-hydrogen) atoms. The summed E-state index contributed by atoms with van der Waals surface area (Å²) in [7, 11) is -4.45. The standard InChI is InChI=1S/C37H36N2O3S/c1-3-38(27-29-13-7-5-8-14-29)33-23-19-31(20-24-33)37(35-17-11-12-18-36(35)43(40,41)42)32-21-25-34(26-22-32)39(4-2)28-30-15-9-6-10-16-30/h5-26H,3-4,27-28H2,1-2H3/p+1. The number of allylic oxidation sites excluding steroid dienone is 5. The largest absolute Gasteiger partial charge is 0.367 e. The van der Waals surface area contributed by atoms with Crippen molar-refractivity contribution in [1.29, 1.82) is 0 Å². The smallest absolute Gasteiger partial charge is 0.295 e. The Balaban J connectivity index is 1.56. The third kappa shape index (κ3) is 7.28. The second kappa shape index (κ2) is 13.6. The van der Waals surface area contributed by atoms with Crippen molar-refractivity contribution >= 4 is 27.1 Å². The van der Waals surface area contributed by atoms with E-state index in [0.717, 1.165) is 54.3 Å². The monoisotopic (exact) mass is 589 g/mol. The van der Waals surface area contributed by atoms with Crippen LogP contribution >= 0.6 is 0 Å². The fourth-order valence-corrected chi connectivity index (χ4v) is 6.13. The van der Waals surface area contributed by atoms with Crippen molar-refractivity contribution in [1.82, 2.24) is 0 Å². The molecule has 5 nitrogen and oxygen atoms in total. The van der Waals surface area contributed by atoms with E-state index in [9.17, 15) is 13.0 Å². The molecule has 0 spiro atoms. The molecule has 5 rings (SSSR count). The topological polar surface area (TPSA) is 60.6 Å². The number of anilines is 1. The summed E-state index contributed by atoms with van der Waals surface area (Å²) in [4.78, 5) is 2.18. The maximum Gasteiger partial charge on any atom is 0.295 e. The molecule has 0 bridgehead atoms. The van der Waals surface area contributed by atoms with Gasteiger partial charge in [-0.15, -0.1) is 0 Å². The number of nitrogens with zero attached hydrogens (tertiary/aromatic N) is 2. The Bertz CT molecular complexity index is 1770. The highest BCUT2D eigenvalue weighted by molar-refractivity contribution is 7.86. The van der Waals surface area contributed by atoms with Crippen LogP contribution in [-0.2, 0) is 23.2 Å². The predicted molar refractivity (Wildman–Crippen MR) is 176 cm³/mol. The minimum atomic E-state index is -4.45. The zero-order valence-electron chi connectivity index (χ0n) is 24.6. The molecule has 0 fully saturated rings.